The van der Waals surface area contributed by atoms with E-state index in [1.165, 1.54) is 13.1 Å². The molecule has 6 nitrogen and oxygen atoms in total. The normalized spacial score (nSPS) is 14.8. The molecule has 1 aliphatic rings. The summed E-state index contributed by atoms with van der Waals surface area (Å²) in [7, 11) is 0. The van der Waals surface area contributed by atoms with Crippen LogP contribution < -0.4 is 5.32 Å². The van der Waals surface area contributed by atoms with Crippen molar-refractivity contribution in [2.45, 2.75) is 13.3 Å². The van der Waals surface area contributed by atoms with Crippen molar-refractivity contribution in [3.63, 3.8) is 0 Å². The maximum absolute atomic E-state index is 12.4. The van der Waals surface area contributed by atoms with Crippen molar-refractivity contribution >= 4 is 23.4 Å². The molecule has 0 aliphatic carbocycles. The second kappa shape index (κ2) is 9.09. The maximum atomic E-state index is 12.4. The highest BCUT2D eigenvalue weighted by Gasteiger charge is 2.24. The second-order valence-corrected chi connectivity index (χ2v) is 6.24. The van der Waals surface area contributed by atoms with Crippen LogP contribution in [0.3, 0.4) is 0 Å². The van der Waals surface area contributed by atoms with E-state index in [1.807, 2.05) is 30.3 Å². The van der Waals surface area contributed by atoms with E-state index in [1.54, 1.807) is 9.80 Å². The van der Waals surface area contributed by atoms with Gasteiger partial charge in [0.1, 0.15) is 11.6 Å². The summed E-state index contributed by atoms with van der Waals surface area (Å²) in [6, 6.07) is 9.50. The Labute approximate surface area is 152 Å². The number of hydrogen-bond acceptors (Lipinski definition) is 4. The van der Waals surface area contributed by atoms with Crippen molar-refractivity contribution in [3.05, 3.63) is 46.6 Å². The minimum Gasteiger partial charge on any atom is -0.389 e. The van der Waals surface area contributed by atoms with Gasteiger partial charge in [-0.2, -0.15) is 5.26 Å². The van der Waals surface area contributed by atoms with Crippen LogP contribution in [-0.2, 0) is 16.0 Å². The topological polar surface area (TPSA) is 76.4 Å². The third-order valence-electron chi connectivity index (χ3n) is 4.08. The van der Waals surface area contributed by atoms with Crippen LogP contribution in [0.25, 0.3) is 0 Å². The van der Waals surface area contributed by atoms with Crippen LogP contribution in [0.5, 0.6) is 0 Å². The molecule has 1 aromatic carbocycles. The molecule has 2 rings (SSSR count). The first-order valence-corrected chi connectivity index (χ1v) is 8.52. The van der Waals surface area contributed by atoms with E-state index in [4.69, 9.17) is 11.6 Å². The summed E-state index contributed by atoms with van der Waals surface area (Å²) >= 11 is 5.84. The standard InChI is InChI=1S/C18H21ClN4O2/c1-14(24)22-8-10-23(11-9-22)18(25)16(12-20)13-21-7-6-15-2-4-17(19)5-3-15/h2-5,13,21H,6-11H2,1H3/b16-13-. The van der Waals surface area contributed by atoms with Crippen LogP contribution >= 0.6 is 11.6 Å². The molecule has 0 radical (unpaired) electrons. The quantitative estimate of drug-likeness (QED) is 0.491. The summed E-state index contributed by atoms with van der Waals surface area (Å²) in [5.41, 5.74) is 1.20. The number of carbonyl (C=O) groups excluding carboxylic acids is 2. The fraction of sp³-hybridized carbons (Fsp3) is 0.389. The van der Waals surface area contributed by atoms with Gasteiger partial charge in [0.05, 0.1) is 0 Å². The lowest BCUT2D eigenvalue weighted by Gasteiger charge is -2.34. The highest BCUT2D eigenvalue weighted by atomic mass is 35.5. The summed E-state index contributed by atoms with van der Waals surface area (Å²) in [5.74, 6) is -0.295. The summed E-state index contributed by atoms with van der Waals surface area (Å²) < 4.78 is 0. The monoisotopic (exact) mass is 360 g/mol. The van der Waals surface area contributed by atoms with Crippen molar-refractivity contribution in [1.82, 2.24) is 15.1 Å². The zero-order valence-corrected chi connectivity index (χ0v) is 14.9. The predicted molar refractivity (Wildman–Crippen MR) is 95.7 cm³/mol. The van der Waals surface area contributed by atoms with Crippen LogP contribution in [0, 0.1) is 11.3 Å². The fourth-order valence-electron chi connectivity index (χ4n) is 2.58. The van der Waals surface area contributed by atoms with E-state index < -0.39 is 0 Å². The molecule has 0 saturated carbocycles. The highest BCUT2D eigenvalue weighted by Crippen LogP contribution is 2.10. The average molecular weight is 361 g/mol. The molecule has 1 aliphatic heterocycles. The number of hydrogen-bond donors (Lipinski definition) is 1. The molecule has 1 saturated heterocycles. The Bertz CT molecular complexity index is 686. The molecular formula is C18H21ClN4O2. The van der Waals surface area contributed by atoms with E-state index in [2.05, 4.69) is 5.32 Å². The Morgan fingerprint density at radius 1 is 1.20 bits per heavy atom. The Kier molecular flexibility index (Phi) is 6.84. The minimum atomic E-state index is -0.301. The number of nitriles is 1. The molecule has 0 unspecified atom stereocenters. The SMILES string of the molecule is CC(=O)N1CCN(C(=O)/C(C#N)=C\NCCc2ccc(Cl)cc2)CC1. The second-order valence-electron chi connectivity index (χ2n) is 5.80. The largest absolute Gasteiger partial charge is 0.389 e. The lowest BCUT2D eigenvalue weighted by Crippen LogP contribution is -2.50. The van der Waals surface area contributed by atoms with Crippen molar-refractivity contribution in [2.24, 2.45) is 0 Å². The lowest BCUT2D eigenvalue weighted by atomic mass is 10.1. The first-order chi connectivity index (χ1) is 12.0. The molecule has 1 heterocycles. The molecule has 7 heteroatoms. The van der Waals surface area contributed by atoms with Gasteiger partial charge in [-0.05, 0) is 24.1 Å². The van der Waals surface area contributed by atoms with Crippen molar-refractivity contribution in [1.29, 1.82) is 5.26 Å². The highest BCUT2D eigenvalue weighted by molar-refractivity contribution is 6.30. The number of nitrogens with one attached hydrogen (secondary N) is 1. The minimum absolute atomic E-state index is 0.00649. The van der Waals surface area contributed by atoms with Crippen LogP contribution in [0.2, 0.25) is 5.02 Å². The number of piperazine rings is 1. The summed E-state index contributed by atoms with van der Waals surface area (Å²) in [6.07, 6.45) is 2.23. The molecular weight excluding hydrogens is 340 g/mol. The molecule has 0 atom stereocenters. The van der Waals surface area contributed by atoms with E-state index in [-0.39, 0.29) is 17.4 Å². The van der Waals surface area contributed by atoms with Gasteiger partial charge in [-0.3, -0.25) is 9.59 Å². The first kappa shape index (κ1) is 18.8. The van der Waals surface area contributed by atoms with Gasteiger partial charge in [-0.1, -0.05) is 23.7 Å². The number of nitrogens with zero attached hydrogens (tertiary/aromatic N) is 3. The molecule has 0 spiro atoms. The molecule has 132 valence electrons. The van der Waals surface area contributed by atoms with Gasteiger partial charge in [0, 0.05) is 50.9 Å². The van der Waals surface area contributed by atoms with Crippen LogP contribution in [0.15, 0.2) is 36.0 Å². The van der Waals surface area contributed by atoms with Crippen LogP contribution in [0.1, 0.15) is 12.5 Å². The summed E-state index contributed by atoms with van der Waals surface area (Å²) in [4.78, 5) is 27.0. The fourth-order valence-corrected chi connectivity index (χ4v) is 2.70. The Balaban J connectivity index is 1.83. The van der Waals surface area contributed by atoms with E-state index in [0.29, 0.717) is 37.7 Å². The average Bonchev–Trinajstić information content (AvgIpc) is 2.63. The van der Waals surface area contributed by atoms with Gasteiger partial charge in [-0.25, -0.2) is 0 Å². The van der Waals surface area contributed by atoms with Gasteiger partial charge in [-0.15, -0.1) is 0 Å². The molecule has 25 heavy (non-hydrogen) atoms. The maximum Gasteiger partial charge on any atom is 0.266 e. The van der Waals surface area contributed by atoms with Gasteiger partial charge >= 0.3 is 0 Å². The lowest BCUT2D eigenvalue weighted by molar-refractivity contribution is -0.136. The Hall–Kier alpha value is -2.52. The zero-order chi connectivity index (χ0) is 18.2. The van der Waals surface area contributed by atoms with Gasteiger partial charge in [0.2, 0.25) is 5.91 Å². The molecule has 1 N–H and O–H groups in total. The van der Waals surface area contributed by atoms with Gasteiger partial charge in [0.25, 0.3) is 5.91 Å². The van der Waals surface area contributed by atoms with Crippen molar-refractivity contribution < 1.29 is 9.59 Å². The molecule has 0 bridgehead atoms. The van der Waals surface area contributed by atoms with Gasteiger partial charge in [0.15, 0.2) is 0 Å². The third-order valence-corrected chi connectivity index (χ3v) is 4.33. The summed E-state index contributed by atoms with van der Waals surface area (Å²) in [5, 5.41) is 12.9. The van der Waals surface area contributed by atoms with E-state index >= 15 is 0 Å². The molecule has 1 fully saturated rings. The first-order valence-electron chi connectivity index (χ1n) is 8.14. The Morgan fingerprint density at radius 3 is 2.36 bits per heavy atom. The molecule has 0 aromatic heterocycles. The Morgan fingerprint density at radius 2 is 1.80 bits per heavy atom. The smallest absolute Gasteiger partial charge is 0.266 e. The number of halogens is 1. The number of rotatable bonds is 5. The summed E-state index contributed by atoms with van der Waals surface area (Å²) in [6.45, 7) is 4.03. The van der Waals surface area contributed by atoms with Crippen LogP contribution in [0.4, 0.5) is 0 Å². The molecule has 1 aromatic rings. The predicted octanol–water partition coefficient (Wildman–Crippen LogP) is 1.57. The van der Waals surface area contributed by atoms with E-state index in [0.717, 1.165) is 12.0 Å². The molecule has 2 amide bonds. The number of carbonyl (C=O) groups is 2. The third kappa shape index (κ3) is 5.50. The van der Waals surface area contributed by atoms with Crippen molar-refractivity contribution in [3.8, 4) is 6.07 Å². The van der Waals surface area contributed by atoms with Crippen molar-refractivity contribution in [2.75, 3.05) is 32.7 Å². The zero-order valence-electron chi connectivity index (χ0n) is 14.2. The van der Waals surface area contributed by atoms with Gasteiger partial charge < -0.3 is 15.1 Å². The number of benzene rings is 1. The number of amides is 2. The van der Waals surface area contributed by atoms with E-state index in [9.17, 15) is 14.9 Å². The van der Waals surface area contributed by atoms with Crippen LogP contribution in [-0.4, -0.2) is 54.3 Å².